The fourth-order valence-corrected chi connectivity index (χ4v) is 3.10. The molecule has 1 fully saturated rings. The molecule has 0 spiro atoms. The summed E-state index contributed by atoms with van der Waals surface area (Å²) in [5, 5.41) is 14.8. The van der Waals surface area contributed by atoms with Crippen molar-refractivity contribution in [1.82, 2.24) is 9.97 Å². The minimum Gasteiger partial charge on any atom is -0.489 e. The summed E-state index contributed by atoms with van der Waals surface area (Å²) in [6.07, 6.45) is 2.70. The van der Waals surface area contributed by atoms with E-state index in [2.05, 4.69) is 20.5 Å². The molecule has 0 saturated carbocycles. The Balaban J connectivity index is 1.30. The molecule has 1 saturated heterocycles. The zero-order valence-corrected chi connectivity index (χ0v) is 17.6. The highest BCUT2D eigenvalue weighted by Crippen LogP contribution is 2.19. The second kappa shape index (κ2) is 10.5. The van der Waals surface area contributed by atoms with Crippen molar-refractivity contribution in [3.63, 3.8) is 0 Å². The summed E-state index contributed by atoms with van der Waals surface area (Å²) in [6.45, 7) is 2.47. The molecule has 3 aromatic rings. The normalized spacial score (nSPS) is 13.8. The largest absolute Gasteiger partial charge is 0.489 e. The molecule has 2 heterocycles. The van der Waals surface area contributed by atoms with Gasteiger partial charge in [0.2, 0.25) is 5.95 Å². The molecule has 0 aliphatic carbocycles. The number of morpholine rings is 1. The van der Waals surface area contributed by atoms with Crippen LogP contribution in [0.5, 0.6) is 5.75 Å². The van der Waals surface area contributed by atoms with Gasteiger partial charge in [-0.05, 0) is 47.5 Å². The van der Waals surface area contributed by atoms with Crippen molar-refractivity contribution in [2.45, 2.75) is 6.61 Å². The third kappa shape index (κ3) is 5.98. The molecule has 2 aromatic carbocycles. The highest BCUT2D eigenvalue weighted by molar-refractivity contribution is 5.80. The van der Waals surface area contributed by atoms with Crippen molar-refractivity contribution in [3.8, 4) is 5.75 Å². The molecule has 1 N–H and O–H groups in total. The van der Waals surface area contributed by atoms with Gasteiger partial charge in [-0.2, -0.15) is 10.1 Å². The minimum atomic E-state index is -0.490. The van der Waals surface area contributed by atoms with Gasteiger partial charge in [-0.3, -0.25) is 10.1 Å². The number of nitrogens with zero attached hydrogens (tertiary/aromatic N) is 5. The highest BCUT2D eigenvalue weighted by atomic mass is 19.1. The molecule has 1 aromatic heterocycles. The Kier molecular flexibility index (Phi) is 7.00. The monoisotopic (exact) mass is 452 g/mol. The summed E-state index contributed by atoms with van der Waals surface area (Å²) in [7, 11) is 0. The quantitative estimate of drug-likeness (QED) is 0.314. The Morgan fingerprint density at radius 3 is 2.61 bits per heavy atom. The number of non-ortho nitro benzene ring substituents is 1. The summed E-state index contributed by atoms with van der Waals surface area (Å²) in [5.74, 6) is 0.573. The number of hydrogen-bond donors (Lipinski definition) is 1. The van der Waals surface area contributed by atoms with E-state index in [1.165, 1.54) is 12.1 Å². The van der Waals surface area contributed by atoms with E-state index in [0.717, 1.165) is 17.3 Å². The summed E-state index contributed by atoms with van der Waals surface area (Å²) < 4.78 is 25.1. The number of nitro groups is 1. The molecule has 0 unspecified atom stereocenters. The number of nitrogens with one attached hydrogen (secondary N) is 1. The second-order valence-electron chi connectivity index (χ2n) is 7.12. The Morgan fingerprint density at radius 1 is 1.18 bits per heavy atom. The van der Waals surface area contributed by atoms with Crippen LogP contribution in [0.4, 0.5) is 21.8 Å². The number of halogens is 1. The zero-order valence-electron chi connectivity index (χ0n) is 17.6. The van der Waals surface area contributed by atoms with Crippen LogP contribution < -0.4 is 15.1 Å². The molecule has 11 heteroatoms. The minimum absolute atomic E-state index is 0.0411. The van der Waals surface area contributed by atoms with Crippen LogP contribution in [0.3, 0.4) is 0 Å². The number of anilines is 2. The molecule has 4 rings (SSSR count). The van der Waals surface area contributed by atoms with Crippen LogP contribution in [0, 0.1) is 15.9 Å². The molecule has 0 atom stereocenters. The highest BCUT2D eigenvalue weighted by Gasteiger charge is 2.17. The van der Waals surface area contributed by atoms with Gasteiger partial charge in [0.05, 0.1) is 30.5 Å². The van der Waals surface area contributed by atoms with E-state index in [9.17, 15) is 14.5 Å². The molecule has 0 bridgehead atoms. The maximum absolute atomic E-state index is 14.1. The molecule has 0 amide bonds. The van der Waals surface area contributed by atoms with Crippen molar-refractivity contribution < 1.29 is 18.8 Å². The number of hydrazone groups is 1. The lowest BCUT2D eigenvalue weighted by Gasteiger charge is -2.27. The van der Waals surface area contributed by atoms with E-state index in [0.29, 0.717) is 38.7 Å². The fraction of sp³-hybridized carbons (Fsp3) is 0.227. The summed E-state index contributed by atoms with van der Waals surface area (Å²) in [4.78, 5) is 20.2. The first-order valence-electron chi connectivity index (χ1n) is 10.2. The molecule has 1 aliphatic rings. The lowest BCUT2D eigenvalue weighted by Crippen LogP contribution is -2.37. The Hall–Kier alpha value is -4.12. The predicted molar refractivity (Wildman–Crippen MR) is 120 cm³/mol. The Morgan fingerprint density at radius 2 is 1.91 bits per heavy atom. The van der Waals surface area contributed by atoms with Gasteiger partial charge in [-0.1, -0.05) is 0 Å². The van der Waals surface area contributed by atoms with Crippen LogP contribution in [-0.4, -0.2) is 47.4 Å². The van der Waals surface area contributed by atoms with E-state index in [1.54, 1.807) is 30.5 Å². The summed E-state index contributed by atoms with van der Waals surface area (Å²) in [5.41, 5.74) is 4.39. The van der Waals surface area contributed by atoms with Crippen LogP contribution in [-0.2, 0) is 11.3 Å². The standard InChI is InChI=1S/C22H21FN6O4/c23-20-14-24-22(26-21(20)28-9-11-32-12-10-28)27-25-13-16-3-7-19(8-4-16)33-15-17-1-5-18(6-2-17)29(30)31/h1-8,13-14H,9-12,15H2,(H,24,26,27)/b25-13+. The second-order valence-corrected chi connectivity index (χ2v) is 7.12. The van der Waals surface area contributed by atoms with Gasteiger partial charge in [0.25, 0.3) is 5.69 Å². The Labute approximate surface area is 188 Å². The first-order chi connectivity index (χ1) is 16.1. The van der Waals surface area contributed by atoms with E-state index >= 15 is 0 Å². The van der Waals surface area contributed by atoms with Crippen LogP contribution in [0.1, 0.15) is 11.1 Å². The van der Waals surface area contributed by atoms with Crippen LogP contribution >= 0.6 is 0 Å². The predicted octanol–water partition coefficient (Wildman–Crippen LogP) is 3.39. The maximum Gasteiger partial charge on any atom is 0.269 e. The lowest BCUT2D eigenvalue weighted by molar-refractivity contribution is -0.384. The van der Waals surface area contributed by atoms with Gasteiger partial charge in [-0.25, -0.2) is 14.8 Å². The maximum atomic E-state index is 14.1. The van der Waals surface area contributed by atoms with Gasteiger partial charge < -0.3 is 14.4 Å². The molecule has 33 heavy (non-hydrogen) atoms. The number of rotatable bonds is 8. The molecular weight excluding hydrogens is 431 g/mol. The van der Waals surface area contributed by atoms with Crippen molar-refractivity contribution in [3.05, 3.63) is 81.8 Å². The van der Waals surface area contributed by atoms with E-state index in [-0.39, 0.29) is 17.5 Å². The molecular formula is C22H21FN6O4. The third-order valence-electron chi connectivity index (χ3n) is 4.85. The summed E-state index contributed by atoms with van der Waals surface area (Å²) in [6, 6.07) is 13.4. The van der Waals surface area contributed by atoms with Crippen LogP contribution in [0.2, 0.25) is 0 Å². The average Bonchev–Trinajstić information content (AvgIpc) is 2.85. The fourth-order valence-electron chi connectivity index (χ4n) is 3.10. The van der Waals surface area contributed by atoms with E-state index < -0.39 is 10.7 Å². The number of ether oxygens (including phenoxy) is 2. The van der Waals surface area contributed by atoms with Crippen molar-refractivity contribution in [1.29, 1.82) is 0 Å². The number of nitro benzene ring substituents is 1. The SMILES string of the molecule is O=[N+]([O-])c1ccc(COc2ccc(/C=N/Nc3ncc(F)c(N4CCOCC4)n3)cc2)cc1. The van der Waals surface area contributed by atoms with Gasteiger partial charge in [0, 0.05) is 25.2 Å². The zero-order chi connectivity index (χ0) is 23.0. The van der Waals surface area contributed by atoms with E-state index in [4.69, 9.17) is 9.47 Å². The van der Waals surface area contributed by atoms with Gasteiger partial charge in [0.1, 0.15) is 12.4 Å². The lowest BCUT2D eigenvalue weighted by atomic mass is 10.2. The van der Waals surface area contributed by atoms with Gasteiger partial charge >= 0.3 is 0 Å². The molecule has 1 aliphatic heterocycles. The van der Waals surface area contributed by atoms with Crippen LogP contribution in [0.25, 0.3) is 0 Å². The number of hydrogen-bond acceptors (Lipinski definition) is 9. The number of benzene rings is 2. The average molecular weight is 452 g/mol. The summed E-state index contributed by atoms with van der Waals surface area (Å²) >= 11 is 0. The van der Waals surface area contributed by atoms with Gasteiger partial charge in [-0.15, -0.1) is 0 Å². The van der Waals surface area contributed by atoms with E-state index in [1.807, 2.05) is 17.0 Å². The smallest absolute Gasteiger partial charge is 0.269 e. The molecule has 10 nitrogen and oxygen atoms in total. The Bertz CT molecular complexity index is 1120. The van der Waals surface area contributed by atoms with Crippen molar-refractivity contribution >= 4 is 23.7 Å². The number of aromatic nitrogens is 2. The topological polar surface area (TPSA) is 115 Å². The molecule has 170 valence electrons. The first kappa shape index (κ1) is 22.1. The first-order valence-corrected chi connectivity index (χ1v) is 10.2. The third-order valence-corrected chi connectivity index (χ3v) is 4.85. The molecule has 0 radical (unpaired) electrons. The van der Waals surface area contributed by atoms with Crippen molar-refractivity contribution in [2.75, 3.05) is 36.6 Å². The van der Waals surface area contributed by atoms with Crippen LogP contribution in [0.15, 0.2) is 59.8 Å². The van der Waals surface area contributed by atoms with Gasteiger partial charge in [0.15, 0.2) is 11.6 Å². The van der Waals surface area contributed by atoms with Crippen molar-refractivity contribution in [2.24, 2.45) is 5.10 Å².